The van der Waals surface area contributed by atoms with Gasteiger partial charge in [-0.05, 0) is 45.6 Å². The smallest absolute Gasteiger partial charge is 0.316 e. The Labute approximate surface area is 149 Å². The summed E-state index contributed by atoms with van der Waals surface area (Å²) >= 11 is 0. The molecule has 0 aromatic heterocycles. The fraction of sp³-hybridized carbons (Fsp3) is 0.550. The van der Waals surface area contributed by atoms with E-state index in [9.17, 15) is 14.4 Å². The molecule has 138 valence electrons. The van der Waals surface area contributed by atoms with Gasteiger partial charge in [-0.1, -0.05) is 29.8 Å². The number of hydrogen-bond donors (Lipinski definition) is 0. The van der Waals surface area contributed by atoms with Crippen LogP contribution in [-0.4, -0.2) is 30.9 Å². The summed E-state index contributed by atoms with van der Waals surface area (Å²) in [6.45, 7) is 6.05. The van der Waals surface area contributed by atoms with E-state index in [2.05, 4.69) is 0 Å². The van der Waals surface area contributed by atoms with Crippen LogP contribution in [0.5, 0.6) is 0 Å². The minimum absolute atomic E-state index is 0.171. The molecule has 5 heteroatoms. The summed E-state index contributed by atoms with van der Waals surface area (Å²) < 4.78 is 9.89. The van der Waals surface area contributed by atoms with Crippen molar-refractivity contribution in [3.63, 3.8) is 0 Å². The highest BCUT2D eigenvalue weighted by atomic mass is 16.5. The maximum atomic E-state index is 12.4. The average Bonchev–Trinajstić information content (AvgIpc) is 2.57. The van der Waals surface area contributed by atoms with Crippen molar-refractivity contribution in [3.05, 3.63) is 35.4 Å². The largest absolute Gasteiger partial charge is 0.466 e. The van der Waals surface area contributed by atoms with Crippen LogP contribution < -0.4 is 0 Å². The third-order valence-electron chi connectivity index (χ3n) is 3.91. The van der Waals surface area contributed by atoms with Crippen LogP contribution in [0.15, 0.2) is 24.3 Å². The van der Waals surface area contributed by atoms with Crippen LogP contribution in [0.4, 0.5) is 0 Å². The molecule has 0 fully saturated rings. The van der Waals surface area contributed by atoms with E-state index in [1.807, 2.05) is 31.2 Å². The molecule has 0 bridgehead atoms. The molecule has 1 unspecified atom stereocenters. The van der Waals surface area contributed by atoms with Gasteiger partial charge in [0.25, 0.3) is 0 Å². The van der Waals surface area contributed by atoms with Crippen molar-refractivity contribution in [2.75, 3.05) is 13.2 Å². The number of ketones is 1. The Kier molecular flexibility index (Phi) is 9.51. The lowest BCUT2D eigenvalue weighted by Gasteiger charge is -2.14. The Morgan fingerprint density at radius 1 is 0.960 bits per heavy atom. The van der Waals surface area contributed by atoms with Crippen molar-refractivity contribution in [2.45, 2.75) is 52.9 Å². The van der Waals surface area contributed by atoms with E-state index >= 15 is 0 Å². The van der Waals surface area contributed by atoms with Gasteiger partial charge in [0.15, 0.2) is 0 Å². The molecule has 0 amide bonds. The summed E-state index contributed by atoms with van der Waals surface area (Å²) in [6, 6.07) is 8.03. The maximum Gasteiger partial charge on any atom is 0.316 e. The highest BCUT2D eigenvalue weighted by Crippen LogP contribution is 2.17. The highest BCUT2D eigenvalue weighted by Gasteiger charge is 2.27. The predicted molar refractivity (Wildman–Crippen MR) is 95.1 cm³/mol. The minimum Gasteiger partial charge on any atom is -0.466 e. The van der Waals surface area contributed by atoms with Gasteiger partial charge in [-0.3, -0.25) is 14.4 Å². The third kappa shape index (κ3) is 7.96. The Balaban J connectivity index is 2.59. The molecule has 1 atom stereocenters. The molecule has 0 N–H and O–H groups in total. The zero-order valence-corrected chi connectivity index (χ0v) is 15.4. The number of ether oxygens (including phenoxy) is 2. The van der Waals surface area contributed by atoms with E-state index < -0.39 is 11.9 Å². The molecule has 0 radical (unpaired) electrons. The van der Waals surface area contributed by atoms with Gasteiger partial charge in [0.2, 0.25) is 0 Å². The second-order valence-electron chi connectivity index (χ2n) is 5.95. The lowest BCUT2D eigenvalue weighted by atomic mass is 9.92. The van der Waals surface area contributed by atoms with Gasteiger partial charge >= 0.3 is 11.9 Å². The Hall–Kier alpha value is -2.17. The topological polar surface area (TPSA) is 69.7 Å². The monoisotopic (exact) mass is 348 g/mol. The van der Waals surface area contributed by atoms with E-state index in [-0.39, 0.29) is 31.2 Å². The van der Waals surface area contributed by atoms with E-state index in [0.29, 0.717) is 25.9 Å². The van der Waals surface area contributed by atoms with Gasteiger partial charge in [-0.2, -0.15) is 0 Å². The van der Waals surface area contributed by atoms with Crippen molar-refractivity contribution in [1.82, 2.24) is 0 Å². The molecule has 1 rings (SSSR count). The van der Waals surface area contributed by atoms with Crippen molar-refractivity contribution in [2.24, 2.45) is 5.92 Å². The zero-order chi connectivity index (χ0) is 18.7. The summed E-state index contributed by atoms with van der Waals surface area (Å²) in [7, 11) is 0. The third-order valence-corrected chi connectivity index (χ3v) is 3.91. The van der Waals surface area contributed by atoms with Crippen LogP contribution in [-0.2, 0) is 30.3 Å². The fourth-order valence-corrected chi connectivity index (χ4v) is 2.53. The number of rotatable bonds is 11. The number of benzene rings is 1. The molecule has 0 heterocycles. The molecule has 1 aromatic rings. The van der Waals surface area contributed by atoms with Crippen LogP contribution in [0, 0.1) is 12.8 Å². The average molecular weight is 348 g/mol. The molecule has 25 heavy (non-hydrogen) atoms. The van der Waals surface area contributed by atoms with Gasteiger partial charge in [-0.15, -0.1) is 0 Å². The first kappa shape index (κ1) is 20.9. The molecule has 0 saturated heterocycles. The molecule has 1 aromatic carbocycles. The SMILES string of the molecule is CCOC(=O)CCCC(=O)C(CCc1ccc(C)cc1)C(=O)OCC. The first-order valence-corrected chi connectivity index (χ1v) is 8.88. The van der Waals surface area contributed by atoms with Crippen molar-refractivity contribution in [1.29, 1.82) is 0 Å². The predicted octanol–water partition coefficient (Wildman–Crippen LogP) is 3.41. The van der Waals surface area contributed by atoms with Gasteiger partial charge < -0.3 is 9.47 Å². The Morgan fingerprint density at radius 2 is 1.60 bits per heavy atom. The Morgan fingerprint density at radius 3 is 2.20 bits per heavy atom. The maximum absolute atomic E-state index is 12.4. The second kappa shape index (κ2) is 11.4. The zero-order valence-electron chi connectivity index (χ0n) is 15.4. The summed E-state index contributed by atoms with van der Waals surface area (Å²) in [6.07, 6.45) is 1.80. The molecule has 0 saturated carbocycles. The first-order valence-electron chi connectivity index (χ1n) is 8.88. The van der Waals surface area contributed by atoms with Gasteiger partial charge in [0.05, 0.1) is 13.2 Å². The number of Topliss-reactive ketones (excluding diaryl/α,β-unsaturated/α-hetero) is 1. The minimum atomic E-state index is -0.775. The molecule has 0 aliphatic rings. The summed E-state index contributed by atoms with van der Waals surface area (Å²) in [4.78, 5) is 35.9. The second-order valence-corrected chi connectivity index (χ2v) is 5.95. The van der Waals surface area contributed by atoms with E-state index in [1.54, 1.807) is 13.8 Å². The molecule has 5 nitrogen and oxygen atoms in total. The highest BCUT2D eigenvalue weighted by molar-refractivity contribution is 5.99. The summed E-state index contributed by atoms with van der Waals surface area (Å²) in [5, 5.41) is 0. The molecule has 0 spiro atoms. The number of esters is 2. The number of carbonyl (C=O) groups excluding carboxylic acids is 3. The van der Waals surface area contributed by atoms with Gasteiger partial charge in [-0.25, -0.2) is 0 Å². The first-order chi connectivity index (χ1) is 12.0. The van der Waals surface area contributed by atoms with E-state index in [4.69, 9.17) is 9.47 Å². The van der Waals surface area contributed by atoms with Crippen LogP contribution in [0.25, 0.3) is 0 Å². The molecule has 0 aliphatic heterocycles. The van der Waals surface area contributed by atoms with Crippen LogP contribution >= 0.6 is 0 Å². The fourth-order valence-electron chi connectivity index (χ4n) is 2.53. The normalized spacial score (nSPS) is 11.6. The quantitative estimate of drug-likeness (QED) is 0.453. The van der Waals surface area contributed by atoms with E-state index in [0.717, 1.165) is 5.56 Å². The summed E-state index contributed by atoms with van der Waals surface area (Å²) in [5.74, 6) is -1.74. The van der Waals surface area contributed by atoms with Crippen molar-refractivity contribution < 1.29 is 23.9 Å². The number of hydrogen-bond acceptors (Lipinski definition) is 5. The number of aryl methyl sites for hydroxylation is 2. The number of carbonyl (C=O) groups is 3. The van der Waals surface area contributed by atoms with Gasteiger partial charge in [0.1, 0.15) is 11.7 Å². The summed E-state index contributed by atoms with van der Waals surface area (Å²) in [5.41, 5.74) is 2.25. The van der Waals surface area contributed by atoms with E-state index in [1.165, 1.54) is 5.56 Å². The molecular formula is C20H28O5. The van der Waals surface area contributed by atoms with Crippen LogP contribution in [0.3, 0.4) is 0 Å². The standard InChI is InChI=1S/C20H28O5/c1-4-24-19(22)8-6-7-18(21)17(20(23)25-5-2)14-13-16-11-9-15(3)10-12-16/h9-12,17H,4-8,13-14H2,1-3H3. The van der Waals surface area contributed by atoms with Gasteiger partial charge in [0, 0.05) is 12.8 Å². The molecular weight excluding hydrogens is 320 g/mol. The lowest BCUT2D eigenvalue weighted by Crippen LogP contribution is -2.27. The van der Waals surface area contributed by atoms with Crippen LogP contribution in [0.1, 0.15) is 50.7 Å². The van der Waals surface area contributed by atoms with Crippen LogP contribution in [0.2, 0.25) is 0 Å². The lowest BCUT2D eigenvalue weighted by molar-refractivity contribution is -0.151. The van der Waals surface area contributed by atoms with Crippen molar-refractivity contribution in [3.8, 4) is 0 Å². The molecule has 0 aliphatic carbocycles. The van der Waals surface area contributed by atoms with Crippen molar-refractivity contribution >= 4 is 17.7 Å². The Bertz CT molecular complexity index is 562.